The summed E-state index contributed by atoms with van der Waals surface area (Å²) < 4.78 is 7.51. The highest BCUT2D eigenvalue weighted by Gasteiger charge is 2.18. The number of hydrogen-bond donors (Lipinski definition) is 0. The lowest BCUT2D eigenvalue weighted by Crippen LogP contribution is -2.38. The van der Waals surface area contributed by atoms with Crippen LogP contribution in [-0.2, 0) is 17.8 Å². The predicted molar refractivity (Wildman–Crippen MR) is 108 cm³/mol. The van der Waals surface area contributed by atoms with Crippen molar-refractivity contribution >= 4 is 16.7 Å². The zero-order valence-electron chi connectivity index (χ0n) is 16.1. The topological polar surface area (TPSA) is 46.4 Å². The van der Waals surface area contributed by atoms with Crippen LogP contribution in [0.15, 0.2) is 42.7 Å². The largest absolute Gasteiger partial charge is 0.378 e. The highest BCUT2D eigenvalue weighted by molar-refractivity contribution is 5.82. The Morgan fingerprint density at radius 1 is 1.19 bits per heavy atom. The molecule has 0 unspecified atom stereocenters. The molecule has 142 valence electrons. The number of pyridine rings is 1. The molecule has 0 spiro atoms. The van der Waals surface area contributed by atoms with Crippen LogP contribution < -0.4 is 4.90 Å². The molecule has 3 heterocycles. The van der Waals surface area contributed by atoms with Gasteiger partial charge in [0.1, 0.15) is 5.82 Å². The van der Waals surface area contributed by atoms with Crippen LogP contribution in [0.2, 0.25) is 0 Å². The van der Waals surface area contributed by atoms with E-state index in [-0.39, 0.29) is 0 Å². The summed E-state index contributed by atoms with van der Waals surface area (Å²) in [5.41, 5.74) is 3.59. The maximum atomic E-state index is 5.54. The Kier molecular flexibility index (Phi) is 5.36. The summed E-state index contributed by atoms with van der Waals surface area (Å²) in [6.07, 6.45) is 3.83. The van der Waals surface area contributed by atoms with Crippen molar-refractivity contribution in [2.45, 2.75) is 20.0 Å². The first-order valence-corrected chi connectivity index (χ1v) is 9.58. The maximum Gasteiger partial charge on any atom is 0.133 e. The zero-order chi connectivity index (χ0) is 18.6. The molecule has 6 heteroatoms. The van der Waals surface area contributed by atoms with Crippen molar-refractivity contribution in [3.63, 3.8) is 0 Å². The maximum absolute atomic E-state index is 5.54. The van der Waals surface area contributed by atoms with Crippen molar-refractivity contribution < 1.29 is 4.74 Å². The molecule has 6 nitrogen and oxygen atoms in total. The molecule has 0 radical (unpaired) electrons. The molecule has 1 saturated heterocycles. The predicted octanol–water partition coefficient (Wildman–Crippen LogP) is 2.71. The Balaban J connectivity index is 1.59. The van der Waals surface area contributed by atoms with E-state index < -0.39 is 0 Å². The quantitative estimate of drug-likeness (QED) is 0.672. The van der Waals surface area contributed by atoms with Crippen molar-refractivity contribution in [2.24, 2.45) is 0 Å². The van der Waals surface area contributed by atoms with E-state index in [2.05, 4.69) is 53.1 Å². The molecule has 0 atom stereocenters. The number of hydrogen-bond acceptors (Lipinski definition) is 5. The number of morpholine rings is 1. The van der Waals surface area contributed by atoms with Gasteiger partial charge in [-0.25, -0.2) is 4.98 Å². The van der Waals surface area contributed by atoms with Crippen LogP contribution in [-0.4, -0.2) is 59.6 Å². The molecule has 4 rings (SSSR count). The molecular weight excluding hydrogens is 338 g/mol. The van der Waals surface area contributed by atoms with E-state index in [1.54, 1.807) is 0 Å². The minimum Gasteiger partial charge on any atom is -0.378 e. The van der Waals surface area contributed by atoms with Crippen LogP contribution in [0.4, 0.5) is 5.82 Å². The number of anilines is 1. The van der Waals surface area contributed by atoms with E-state index in [9.17, 15) is 0 Å². The third-order valence-electron chi connectivity index (χ3n) is 5.05. The number of benzene rings is 1. The second kappa shape index (κ2) is 8.06. The molecule has 3 aromatic rings. The molecule has 1 aromatic carbocycles. The van der Waals surface area contributed by atoms with Gasteiger partial charge in [-0.2, -0.15) is 5.10 Å². The summed E-state index contributed by atoms with van der Waals surface area (Å²) in [6, 6.07) is 10.8. The van der Waals surface area contributed by atoms with Crippen molar-refractivity contribution in [2.75, 3.05) is 44.8 Å². The fourth-order valence-electron chi connectivity index (χ4n) is 3.55. The van der Waals surface area contributed by atoms with Crippen molar-refractivity contribution in [1.82, 2.24) is 19.7 Å². The number of nitrogens with zero attached hydrogens (tertiary/aromatic N) is 5. The van der Waals surface area contributed by atoms with Gasteiger partial charge in [-0.1, -0.05) is 12.1 Å². The van der Waals surface area contributed by atoms with Gasteiger partial charge >= 0.3 is 0 Å². The van der Waals surface area contributed by atoms with Gasteiger partial charge in [0, 0.05) is 49.5 Å². The smallest absolute Gasteiger partial charge is 0.133 e. The molecule has 0 N–H and O–H groups in total. The van der Waals surface area contributed by atoms with Gasteiger partial charge in [-0.15, -0.1) is 0 Å². The van der Waals surface area contributed by atoms with Gasteiger partial charge < -0.3 is 14.5 Å². The minimum absolute atomic E-state index is 0.766. The zero-order valence-corrected chi connectivity index (χ0v) is 16.1. The summed E-state index contributed by atoms with van der Waals surface area (Å²) in [7, 11) is 2.16. The number of aryl methyl sites for hydroxylation is 1. The molecule has 0 aliphatic carbocycles. The SMILES string of the molecule is Cc1ccc2cc(CN(C)CCn3cccn3)c(N3CCOCC3)nc2c1. The molecule has 0 saturated carbocycles. The number of fused-ring (bicyclic) bond motifs is 1. The first kappa shape index (κ1) is 17.9. The Morgan fingerprint density at radius 2 is 2.04 bits per heavy atom. The molecule has 1 aliphatic rings. The Hall–Kier alpha value is -2.44. The van der Waals surface area contributed by atoms with E-state index in [1.807, 2.05) is 23.1 Å². The lowest BCUT2D eigenvalue weighted by atomic mass is 10.1. The van der Waals surface area contributed by atoms with Crippen LogP contribution in [0.25, 0.3) is 10.9 Å². The fourth-order valence-corrected chi connectivity index (χ4v) is 3.55. The van der Waals surface area contributed by atoms with Gasteiger partial charge in [-0.05, 0) is 37.7 Å². The number of ether oxygens (including phenoxy) is 1. The Labute approximate surface area is 160 Å². The van der Waals surface area contributed by atoms with Gasteiger partial charge in [0.05, 0.1) is 25.3 Å². The third-order valence-corrected chi connectivity index (χ3v) is 5.05. The Morgan fingerprint density at radius 3 is 2.81 bits per heavy atom. The number of aromatic nitrogens is 3. The summed E-state index contributed by atoms with van der Waals surface area (Å²) in [4.78, 5) is 9.75. The second-order valence-corrected chi connectivity index (χ2v) is 7.27. The molecule has 0 amide bonds. The minimum atomic E-state index is 0.766. The molecule has 27 heavy (non-hydrogen) atoms. The lowest BCUT2D eigenvalue weighted by Gasteiger charge is -2.30. The Bertz CT molecular complexity index is 887. The van der Waals surface area contributed by atoms with Crippen molar-refractivity contribution in [1.29, 1.82) is 0 Å². The van der Waals surface area contributed by atoms with Crippen LogP contribution in [0, 0.1) is 6.92 Å². The summed E-state index contributed by atoms with van der Waals surface area (Å²) >= 11 is 0. The van der Waals surface area contributed by atoms with E-state index >= 15 is 0 Å². The highest BCUT2D eigenvalue weighted by atomic mass is 16.5. The van der Waals surface area contributed by atoms with Gasteiger partial charge in [0.2, 0.25) is 0 Å². The number of rotatable bonds is 6. The summed E-state index contributed by atoms with van der Waals surface area (Å²) in [5, 5.41) is 5.49. The van der Waals surface area contributed by atoms with E-state index in [1.165, 1.54) is 16.5 Å². The van der Waals surface area contributed by atoms with Gasteiger partial charge in [0.25, 0.3) is 0 Å². The average Bonchev–Trinajstić information content (AvgIpc) is 3.20. The van der Waals surface area contributed by atoms with E-state index in [0.29, 0.717) is 0 Å². The molecule has 1 aliphatic heterocycles. The standard InChI is InChI=1S/C21H27N5O/c1-17-4-5-18-15-19(16-24(2)8-9-26-7-3-6-22-26)21(23-20(18)14-17)25-10-12-27-13-11-25/h3-7,14-15H,8-13,16H2,1-2H3. The van der Waals surface area contributed by atoms with Crippen molar-refractivity contribution in [3.8, 4) is 0 Å². The third kappa shape index (κ3) is 4.28. The first-order chi connectivity index (χ1) is 13.2. The number of likely N-dealkylation sites (N-methyl/N-ethyl adjacent to an activating group) is 1. The molecular formula is C21H27N5O. The lowest BCUT2D eigenvalue weighted by molar-refractivity contribution is 0.122. The van der Waals surface area contributed by atoms with Crippen molar-refractivity contribution in [3.05, 3.63) is 53.9 Å². The first-order valence-electron chi connectivity index (χ1n) is 9.58. The fraction of sp³-hybridized carbons (Fsp3) is 0.429. The summed E-state index contributed by atoms with van der Waals surface area (Å²) in [5.74, 6) is 1.10. The van der Waals surface area contributed by atoms with Crippen LogP contribution in [0.3, 0.4) is 0 Å². The average molecular weight is 365 g/mol. The van der Waals surface area contributed by atoms with E-state index in [0.717, 1.165) is 57.3 Å². The van der Waals surface area contributed by atoms with Gasteiger partial charge in [-0.3, -0.25) is 4.68 Å². The van der Waals surface area contributed by atoms with E-state index in [4.69, 9.17) is 9.72 Å². The molecule has 1 fully saturated rings. The molecule has 0 bridgehead atoms. The van der Waals surface area contributed by atoms with Crippen LogP contribution in [0.5, 0.6) is 0 Å². The second-order valence-electron chi connectivity index (χ2n) is 7.27. The highest BCUT2D eigenvalue weighted by Crippen LogP contribution is 2.26. The van der Waals surface area contributed by atoms with Crippen LogP contribution in [0.1, 0.15) is 11.1 Å². The van der Waals surface area contributed by atoms with Gasteiger partial charge in [0.15, 0.2) is 0 Å². The van der Waals surface area contributed by atoms with Crippen LogP contribution >= 0.6 is 0 Å². The normalized spacial score (nSPS) is 15.0. The monoisotopic (exact) mass is 365 g/mol. The summed E-state index contributed by atoms with van der Waals surface area (Å²) in [6.45, 7) is 8.14. The molecule has 2 aromatic heterocycles.